The molecule has 0 aromatic carbocycles. The van der Waals surface area contributed by atoms with Gasteiger partial charge in [0.1, 0.15) is 19.3 Å². The van der Waals surface area contributed by atoms with E-state index < -0.39 is 97.5 Å². The van der Waals surface area contributed by atoms with E-state index in [-0.39, 0.29) is 25.7 Å². The van der Waals surface area contributed by atoms with E-state index in [4.69, 9.17) is 37.0 Å². The maximum Gasteiger partial charge on any atom is 0.472 e. The second-order valence-electron chi connectivity index (χ2n) is 24.8. The summed E-state index contributed by atoms with van der Waals surface area (Å²) in [5.74, 6) is 0.722. The Bertz CT molecular complexity index is 1660. The van der Waals surface area contributed by atoms with Crippen LogP contribution in [0.3, 0.4) is 0 Å². The number of esters is 4. The number of hydrogen-bond donors (Lipinski definition) is 3. The van der Waals surface area contributed by atoms with Crippen LogP contribution >= 0.6 is 15.6 Å². The summed E-state index contributed by atoms with van der Waals surface area (Å²) in [4.78, 5) is 72.2. The highest BCUT2D eigenvalue weighted by Crippen LogP contribution is 2.45. The molecule has 0 aliphatic heterocycles. The summed E-state index contributed by atoms with van der Waals surface area (Å²) in [5.41, 5.74) is 0. The molecule has 3 unspecified atom stereocenters. The third-order valence-corrected chi connectivity index (χ3v) is 16.8. The number of ether oxygens (including phenoxy) is 4. The van der Waals surface area contributed by atoms with Crippen LogP contribution in [0.4, 0.5) is 0 Å². The lowest BCUT2D eigenvalue weighted by atomic mass is 10.00. The van der Waals surface area contributed by atoms with Gasteiger partial charge in [0.05, 0.1) is 26.4 Å². The van der Waals surface area contributed by atoms with Crippen molar-refractivity contribution in [1.82, 2.24) is 0 Å². The summed E-state index contributed by atoms with van der Waals surface area (Å²) in [7, 11) is -9.89. The number of unbranched alkanes of at least 4 members (excludes halogenated alkanes) is 26. The molecule has 0 aliphatic carbocycles. The molecule has 0 aliphatic rings. The van der Waals surface area contributed by atoms with E-state index in [1.807, 2.05) is 0 Å². The van der Waals surface area contributed by atoms with Gasteiger partial charge in [0.2, 0.25) is 0 Å². The fourth-order valence-electron chi connectivity index (χ4n) is 9.40. The first-order chi connectivity index (χ1) is 39.6. The van der Waals surface area contributed by atoms with Crippen LogP contribution in [0.1, 0.15) is 306 Å². The Kier molecular flexibility index (Phi) is 53.0. The summed E-state index contributed by atoms with van der Waals surface area (Å²) in [6, 6.07) is 0. The molecule has 0 spiro atoms. The molecule has 0 aromatic heterocycles. The molecule has 6 atom stereocenters. The normalized spacial score (nSPS) is 14.8. The van der Waals surface area contributed by atoms with Gasteiger partial charge in [-0.1, -0.05) is 254 Å². The molecular weight excluding hydrogens is 1100 g/mol. The molecule has 3 N–H and O–H groups in total. The van der Waals surface area contributed by atoms with Gasteiger partial charge in [0, 0.05) is 25.7 Å². The Morgan fingerprint density at radius 2 is 0.578 bits per heavy atom. The zero-order chi connectivity index (χ0) is 61.8. The second-order valence-corrected chi connectivity index (χ2v) is 27.7. The largest absolute Gasteiger partial charge is 0.472 e. The van der Waals surface area contributed by atoms with Crippen LogP contribution in [0.15, 0.2) is 0 Å². The van der Waals surface area contributed by atoms with Crippen LogP contribution in [-0.4, -0.2) is 96.7 Å². The maximum atomic E-state index is 13.0. The Morgan fingerprint density at radius 1 is 0.337 bits per heavy atom. The minimum absolute atomic E-state index is 0.102. The molecule has 0 saturated carbocycles. The van der Waals surface area contributed by atoms with Crippen molar-refractivity contribution in [3.8, 4) is 0 Å². The van der Waals surface area contributed by atoms with Crippen molar-refractivity contribution in [2.75, 3.05) is 39.6 Å². The smallest absolute Gasteiger partial charge is 0.462 e. The van der Waals surface area contributed by atoms with Crippen LogP contribution in [0, 0.1) is 23.7 Å². The molecular formula is C64H124O17P2. The first-order valence-electron chi connectivity index (χ1n) is 33.2. The summed E-state index contributed by atoms with van der Waals surface area (Å²) >= 11 is 0. The first kappa shape index (κ1) is 81.1. The number of aliphatic hydroxyl groups is 1. The van der Waals surface area contributed by atoms with Crippen molar-refractivity contribution >= 4 is 39.5 Å². The van der Waals surface area contributed by atoms with Crippen LogP contribution in [0.25, 0.3) is 0 Å². The van der Waals surface area contributed by atoms with Gasteiger partial charge >= 0.3 is 39.5 Å². The number of hydrogen-bond acceptors (Lipinski definition) is 15. The van der Waals surface area contributed by atoms with Gasteiger partial charge in [-0.15, -0.1) is 0 Å². The first-order valence-corrected chi connectivity index (χ1v) is 36.2. The minimum Gasteiger partial charge on any atom is -0.462 e. The molecule has 492 valence electrons. The van der Waals surface area contributed by atoms with Gasteiger partial charge in [-0.05, 0) is 49.4 Å². The molecule has 0 heterocycles. The third kappa shape index (κ3) is 57.6. The summed E-state index contributed by atoms with van der Waals surface area (Å²) < 4.78 is 67.9. The minimum atomic E-state index is -4.95. The highest BCUT2D eigenvalue weighted by atomic mass is 31.2. The van der Waals surface area contributed by atoms with Crippen molar-refractivity contribution in [3.63, 3.8) is 0 Å². The Hall–Kier alpha value is -1.94. The molecule has 17 nitrogen and oxygen atoms in total. The number of rotatable bonds is 61. The maximum absolute atomic E-state index is 13.0. The average Bonchev–Trinajstić information content (AvgIpc) is 3.45. The van der Waals surface area contributed by atoms with Gasteiger partial charge in [-0.3, -0.25) is 37.3 Å². The van der Waals surface area contributed by atoms with Crippen LogP contribution in [-0.2, 0) is 65.4 Å². The van der Waals surface area contributed by atoms with E-state index in [0.717, 1.165) is 108 Å². The van der Waals surface area contributed by atoms with E-state index in [1.165, 1.54) is 103 Å². The number of phosphoric ester groups is 2. The highest BCUT2D eigenvalue weighted by molar-refractivity contribution is 7.47. The van der Waals surface area contributed by atoms with E-state index in [0.29, 0.717) is 37.5 Å². The van der Waals surface area contributed by atoms with Crippen molar-refractivity contribution in [1.29, 1.82) is 0 Å². The molecule has 19 heteroatoms. The Morgan fingerprint density at radius 3 is 0.855 bits per heavy atom. The summed E-state index contributed by atoms with van der Waals surface area (Å²) in [5, 5.41) is 10.5. The molecule has 83 heavy (non-hydrogen) atoms. The molecule has 0 radical (unpaired) electrons. The number of phosphoric acid groups is 2. The van der Waals surface area contributed by atoms with Gasteiger partial charge in [0.15, 0.2) is 12.2 Å². The molecule has 0 amide bonds. The zero-order valence-corrected chi connectivity index (χ0v) is 55.6. The monoisotopic (exact) mass is 1230 g/mol. The summed E-state index contributed by atoms with van der Waals surface area (Å²) in [6.45, 7) is 13.9. The fourth-order valence-corrected chi connectivity index (χ4v) is 11.0. The highest BCUT2D eigenvalue weighted by Gasteiger charge is 2.30. The van der Waals surface area contributed by atoms with E-state index in [9.17, 15) is 43.2 Å². The lowest BCUT2D eigenvalue weighted by molar-refractivity contribution is -0.161. The number of aliphatic hydroxyl groups excluding tert-OH is 1. The van der Waals surface area contributed by atoms with Gasteiger partial charge in [-0.25, -0.2) is 9.13 Å². The lowest BCUT2D eigenvalue weighted by Crippen LogP contribution is -2.30. The Balaban J connectivity index is 5.23. The third-order valence-electron chi connectivity index (χ3n) is 14.9. The van der Waals surface area contributed by atoms with E-state index >= 15 is 0 Å². The second kappa shape index (κ2) is 54.2. The zero-order valence-electron chi connectivity index (χ0n) is 53.8. The Labute approximate surface area is 505 Å². The van der Waals surface area contributed by atoms with E-state index in [1.54, 1.807) is 0 Å². The van der Waals surface area contributed by atoms with Crippen molar-refractivity contribution < 1.29 is 80.2 Å². The predicted octanol–water partition coefficient (Wildman–Crippen LogP) is 17.4. The topological polar surface area (TPSA) is 237 Å². The number of carbonyl (C=O) groups is 4. The summed E-state index contributed by atoms with van der Waals surface area (Å²) in [6.07, 6.45) is 33.7. The van der Waals surface area contributed by atoms with Gasteiger partial charge < -0.3 is 33.8 Å². The average molecular weight is 1230 g/mol. The predicted molar refractivity (Wildman–Crippen MR) is 331 cm³/mol. The van der Waals surface area contributed by atoms with Crippen molar-refractivity contribution in [2.24, 2.45) is 23.7 Å². The van der Waals surface area contributed by atoms with E-state index in [2.05, 4.69) is 55.4 Å². The standard InChI is InChI=1S/C64H124O17P2/c1-9-57(8)43-35-27-21-23-31-39-47-64(69)81-60(50-74-61(66)44-36-28-18-14-12-10-11-13-16-24-32-40-54(2)3)53-79-83(72,73)77-49-58(65)48-76-82(70,71)78-52-59(51-75-62(67)45-37-29-22-20-26-34-42-56(6)7)80-63(68)46-38-30-19-15-17-25-33-41-55(4)5/h54-60,65H,9-53H2,1-8H3,(H,70,71)(H,72,73)/t57?,58-,59+,60+/m0/s1. The lowest BCUT2D eigenvalue weighted by Gasteiger charge is -2.21. The molecule has 0 bridgehead atoms. The molecule has 0 rings (SSSR count). The van der Waals surface area contributed by atoms with Gasteiger partial charge in [-0.2, -0.15) is 0 Å². The van der Waals surface area contributed by atoms with Crippen molar-refractivity contribution in [3.05, 3.63) is 0 Å². The van der Waals surface area contributed by atoms with Crippen LogP contribution in [0.5, 0.6) is 0 Å². The SMILES string of the molecule is CCC(C)CCCCCCCCC(=O)O[C@H](COC(=O)CCCCCCCCCCCCCC(C)C)COP(=O)(O)OC[C@@H](O)COP(=O)(O)OC[C@@H](COC(=O)CCCCCCCCC(C)C)OC(=O)CCCCCCCCCC(C)C. The van der Waals surface area contributed by atoms with Gasteiger partial charge in [0.25, 0.3) is 0 Å². The van der Waals surface area contributed by atoms with Crippen molar-refractivity contribution in [2.45, 2.75) is 324 Å². The molecule has 0 aromatic rings. The van der Waals surface area contributed by atoms with Crippen LogP contribution in [0.2, 0.25) is 0 Å². The number of carbonyl (C=O) groups excluding carboxylic acids is 4. The molecule has 0 saturated heterocycles. The molecule has 0 fully saturated rings. The fraction of sp³-hybridized carbons (Fsp3) is 0.938. The quantitative estimate of drug-likeness (QED) is 0.0222. The van der Waals surface area contributed by atoms with Crippen LogP contribution < -0.4 is 0 Å².